The van der Waals surface area contributed by atoms with Crippen molar-refractivity contribution < 1.29 is 22.0 Å². The Kier molecular flexibility index (Phi) is 3.49. The van der Waals surface area contributed by atoms with E-state index in [1.165, 1.54) is 13.1 Å². The van der Waals surface area contributed by atoms with E-state index in [2.05, 4.69) is 4.98 Å². The quantitative estimate of drug-likeness (QED) is 0.285. The molecular weight excluding hydrogens is 269 g/mol. The molecule has 1 nitrogen and oxygen atoms in total. The second-order valence-corrected chi connectivity index (χ2v) is 9.57. The van der Waals surface area contributed by atoms with Crippen molar-refractivity contribution in [2.75, 3.05) is 4.98 Å². The summed E-state index contributed by atoms with van der Waals surface area (Å²) in [5.74, 6) is -9.97. The molecule has 0 radical (unpaired) electrons. The first-order chi connectivity index (χ1) is 7.15. The number of nitrogens with one attached hydrogen (secondary N) is 1. The number of hydrogen-bond donors (Lipinski definition) is 1. The molecule has 0 spiro atoms. The summed E-state index contributed by atoms with van der Waals surface area (Å²) in [5, 5.41) is 0. The predicted octanol–water partition coefficient (Wildman–Crippen LogP) is 3.73. The van der Waals surface area contributed by atoms with Crippen LogP contribution in [0.1, 0.15) is 0 Å². The van der Waals surface area contributed by atoms with Gasteiger partial charge >= 0.3 is 0 Å². The molecule has 0 saturated heterocycles. The van der Waals surface area contributed by atoms with Crippen LogP contribution < -0.4 is 4.98 Å². The number of halogens is 6. The summed E-state index contributed by atoms with van der Waals surface area (Å²) in [6, 6.07) is 0. The zero-order valence-electron chi connectivity index (χ0n) is 8.27. The standard InChI is InChI=1S/C8H7ClF5NSi/c1-16(2,9)15-8-6(13)4(11)3(10)5(12)7(8)14/h15H,1-2H3. The highest BCUT2D eigenvalue weighted by Crippen LogP contribution is 2.29. The molecule has 90 valence electrons. The largest absolute Gasteiger partial charge is 0.394 e. The van der Waals surface area contributed by atoms with E-state index in [4.69, 9.17) is 11.1 Å². The first-order valence-corrected chi connectivity index (χ1v) is 8.15. The van der Waals surface area contributed by atoms with Gasteiger partial charge in [-0.1, -0.05) is 0 Å². The Labute approximate surface area is 94.0 Å². The van der Waals surface area contributed by atoms with Crippen molar-refractivity contribution in [2.45, 2.75) is 13.1 Å². The zero-order valence-corrected chi connectivity index (χ0v) is 10.0. The molecule has 1 N–H and O–H groups in total. The second kappa shape index (κ2) is 4.21. The molecule has 1 aromatic rings. The lowest BCUT2D eigenvalue weighted by molar-refractivity contribution is 0.382. The second-order valence-electron chi connectivity index (χ2n) is 3.54. The van der Waals surface area contributed by atoms with Gasteiger partial charge in [0.25, 0.3) is 0 Å². The van der Waals surface area contributed by atoms with E-state index in [-0.39, 0.29) is 0 Å². The van der Waals surface area contributed by atoms with Crippen molar-refractivity contribution in [1.82, 2.24) is 0 Å². The van der Waals surface area contributed by atoms with Crippen molar-refractivity contribution in [2.24, 2.45) is 0 Å². The van der Waals surface area contributed by atoms with Crippen LogP contribution in [0, 0.1) is 29.1 Å². The Balaban J connectivity index is 3.40. The van der Waals surface area contributed by atoms with Gasteiger partial charge in [-0.3, -0.25) is 0 Å². The smallest absolute Gasteiger partial charge is 0.247 e. The van der Waals surface area contributed by atoms with Gasteiger partial charge in [-0.05, 0) is 13.1 Å². The average molecular weight is 276 g/mol. The number of benzene rings is 1. The van der Waals surface area contributed by atoms with Crippen molar-refractivity contribution >= 4 is 24.3 Å². The van der Waals surface area contributed by atoms with Gasteiger partial charge in [0.2, 0.25) is 13.4 Å². The van der Waals surface area contributed by atoms with Gasteiger partial charge in [-0.25, -0.2) is 22.0 Å². The average Bonchev–Trinajstić information content (AvgIpc) is 2.17. The molecule has 0 aromatic heterocycles. The first-order valence-electron chi connectivity index (χ1n) is 4.13. The lowest BCUT2D eigenvalue weighted by Gasteiger charge is -2.18. The molecule has 0 aliphatic rings. The Morgan fingerprint density at radius 3 is 1.44 bits per heavy atom. The van der Waals surface area contributed by atoms with Crippen LogP contribution >= 0.6 is 11.1 Å². The fraction of sp³-hybridized carbons (Fsp3) is 0.250. The van der Waals surface area contributed by atoms with E-state index in [1.54, 1.807) is 0 Å². The minimum atomic E-state index is -2.74. The molecule has 1 aromatic carbocycles. The summed E-state index contributed by atoms with van der Waals surface area (Å²) < 4.78 is 64.4. The van der Waals surface area contributed by atoms with Gasteiger partial charge in [0.05, 0.1) is 0 Å². The molecule has 0 aliphatic carbocycles. The van der Waals surface area contributed by atoms with Gasteiger partial charge in [0.1, 0.15) is 5.69 Å². The Bertz CT molecular complexity index is 402. The maximum absolute atomic E-state index is 13.1. The fourth-order valence-corrected chi connectivity index (χ4v) is 2.11. The molecular formula is C8H7ClF5NSi. The highest BCUT2D eigenvalue weighted by Gasteiger charge is 2.29. The Morgan fingerprint density at radius 2 is 1.12 bits per heavy atom. The molecule has 0 saturated carbocycles. The van der Waals surface area contributed by atoms with Crippen LogP contribution in [-0.4, -0.2) is 7.55 Å². The summed E-state index contributed by atoms with van der Waals surface area (Å²) >= 11 is 5.71. The van der Waals surface area contributed by atoms with Gasteiger partial charge < -0.3 is 4.98 Å². The van der Waals surface area contributed by atoms with Crippen LogP contribution in [0.15, 0.2) is 0 Å². The topological polar surface area (TPSA) is 12.0 Å². The van der Waals surface area contributed by atoms with Crippen LogP contribution in [0.5, 0.6) is 0 Å². The lowest BCUT2D eigenvalue weighted by atomic mass is 10.2. The Morgan fingerprint density at radius 1 is 0.812 bits per heavy atom. The van der Waals surface area contributed by atoms with Crippen LogP contribution in [0.3, 0.4) is 0 Å². The molecule has 0 atom stereocenters. The summed E-state index contributed by atoms with van der Waals surface area (Å²) in [5.41, 5.74) is -1.08. The summed E-state index contributed by atoms with van der Waals surface area (Å²) in [4.78, 5) is 2.13. The molecule has 16 heavy (non-hydrogen) atoms. The maximum Gasteiger partial charge on any atom is 0.247 e. The zero-order chi connectivity index (χ0) is 12.7. The monoisotopic (exact) mass is 275 g/mol. The van der Waals surface area contributed by atoms with E-state index in [9.17, 15) is 22.0 Å². The van der Waals surface area contributed by atoms with Gasteiger partial charge in [-0.2, -0.15) is 0 Å². The van der Waals surface area contributed by atoms with Crippen molar-refractivity contribution in [3.05, 3.63) is 29.1 Å². The van der Waals surface area contributed by atoms with Crippen LogP contribution in [0.2, 0.25) is 13.1 Å². The van der Waals surface area contributed by atoms with Crippen molar-refractivity contribution in [3.63, 3.8) is 0 Å². The third kappa shape index (κ3) is 2.46. The number of rotatable bonds is 2. The molecule has 0 heterocycles. The van der Waals surface area contributed by atoms with Gasteiger partial charge in [-0.15, -0.1) is 11.1 Å². The predicted molar refractivity (Wildman–Crippen MR) is 53.2 cm³/mol. The summed E-state index contributed by atoms with van der Waals surface area (Å²) in [7, 11) is -2.74. The highest BCUT2D eigenvalue weighted by molar-refractivity contribution is 7.20. The molecule has 0 amide bonds. The van der Waals surface area contributed by atoms with Crippen molar-refractivity contribution in [3.8, 4) is 0 Å². The van der Waals surface area contributed by atoms with Crippen LogP contribution in [0.25, 0.3) is 0 Å². The summed E-state index contributed by atoms with van der Waals surface area (Å²) in [6.07, 6.45) is 0. The fourth-order valence-electron chi connectivity index (χ4n) is 1.01. The third-order valence-corrected chi connectivity index (χ3v) is 2.76. The minimum absolute atomic E-state index is 1.08. The van der Waals surface area contributed by atoms with E-state index in [0.717, 1.165) is 0 Å². The van der Waals surface area contributed by atoms with Crippen LogP contribution in [0.4, 0.5) is 27.6 Å². The van der Waals surface area contributed by atoms with Crippen molar-refractivity contribution in [1.29, 1.82) is 0 Å². The lowest BCUT2D eigenvalue weighted by Crippen LogP contribution is -2.31. The van der Waals surface area contributed by atoms with E-state index in [0.29, 0.717) is 0 Å². The molecule has 8 heteroatoms. The molecule has 1 rings (SSSR count). The van der Waals surface area contributed by atoms with E-state index < -0.39 is 42.3 Å². The third-order valence-electron chi connectivity index (χ3n) is 1.63. The Hall–Kier alpha value is -0.823. The number of hydrogen-bond acceptors (Lipinski definition) is 1. The van der Waals surface area contributed by atoms with Gasteiger partial charge in [0.15, 0.2) is 23.3 Å². The molecule has 0 unspecified atom stereocenters. The maximum atomic E-state index is 13.1. The van der Waals surface area contributed by atoms with E-state index >= 15 is 0 Å². The SMILES string of the molecule is C[Si](C)(Cl)Nc1c(F)c(F)c(F)c(F)c1F. The molecule has 0 bridgehead atoms. The highest BCUT2D eigenvalue weighted by atomic mass is 35.6. The normalized spacial score (nSPS) is 11.8. The van der Waals surface area contributed by atoms with Gasteiger partial charge in [0, 0.05) is 0 Å². The first kappa shape index (κ1) is 13.2. The molecule has 0 aliphatic heterocycles. The summed E-state index contributed by atoms with van der Waals surface area (Å²) in [6.45, 7) is 2.87. The minimum Gasteiger partial charge on any atom is -0.394 e. The van der Waals surface area contributed by atoms with E-state index in [1.807, 2.05) is 0 Å². The molecule has 0 fully saturated rings. The van der Waals surface area contributed by atoms with Crippen LogP contribution in [-0.2, 0) is 0 Å². The number of anilines is 1.